The SMILES string of the molecule is CC1CC(C)(/N=N/OO)C(=N)N=C1O[Si](C)(C)C. The lowest BCUT2D eigenvalue weighted by atomic mass is 9.87. The lowest BCUT2D eigenvalue weighted by molar-refractivity contribution is -0.252. The van der Waals surface area contributed by atoms with E-state index in [9.17, 15) is 0 Å². The third kappa shape index (κ3) is 3.60. The van der Waals surface area contributed by atoms with Crippen molar-refractivity contribution in [3.8, 4) is 0 Å². The van der Waals surface area contributed by atoms with Crippen LogP contribution in [0.25, 0.3) is 0 Å². The van der Waals surface area contributed by atoms with Gasteiger partial charge in [-0.15, -0.1) is 5.11 Å². The van der Waals surface area contributed by atoms with Gasteiger partial charge in [-0.05, 0) is 33.0 Å². The predicted octanol–water partition coefficient (Wildman–Crippen LogP) is 2.87. The molecule has 102 valence electrons. The van der Waals surface area contributed by atoms with Crippen molar-refractivity contribution in [2.45, 2.75) is 45.4 Å². The molecule has 0 fully saturated rings. The highest BCUT2D eigenvalue weighted by Crippen LogP contribution is 2.30. The first-order valence-electron chi connectivity index (χ1n) is 5.77. The van der Waals surface area contributed by atoms with E-state index in [2.05, 4.69) is 40.0 Å². The molecule has 2 unspecified atom stereocenters. The van der Waals surface area contributed by atoms with Gasteiger partial charge in [0.25, 0.3) is 0 Å². The Kier molecular flexibility index (Phi) is 4.23. The van der Waals surface area contributed by atoms with Gasteiger partial charge in [-0.25, -0.2) is 9.98 Å². The maximum absolute atomic E-state index is 8.18. The molecular weight excluding hydrogens is 252 g/mol. The van der Waals surface area contributed by atoms with E-state index in [0.717, 1.165) is 0 Å². The van der Waals surface area contributed by atoms with E-state index in [1.165, 1.54) is 0 Å². The van der Waals surface area contributed by atoms with Crippen LogP contribution in [0, 0.1) is 11.3 Å². The summed E-state index contributed by atoms with van der Waals surface area (Å²) in [5.74, 6) is 0.708. The normalized spacial score (nSPS) is 29.3. The zero-order valence-corrected chi connectivity index (χ0v) is 12.4. The number of rotatable bonds is 3. The van der Waals surface area contributed by atoms with Crippen LogP contribution in [0.2, 0.25) is 19.6 Å². The number of hydrogen-bond donors (Lipinski definition) is 2. The predicted molar refractivity (Wildman–Crippen MR) is 70.3 cm³/mol. The fraction of sp³-hybridized carbons (Fsp3) is 0.800. The molecule has 0 aromatic carbocycles. The van der Waals surface area contributed by atoms with E-state index in [-0.39, 0.29) is 11.8 Å². The average Bonchev–Trinajstić information content (AvgIpc) is 2.21. The molecule has 0 aromatic rings. The van der Waals surface area contributed by atoms with Crippen molar-refractivity contribution >= 4 is 20.1 Å². The molecule has 0 aliphatic carbocycles. The summed E-state index contributed by atoms with van der Waals surface area (Å²) in [7, 11) is -1.73. The Balaban J connectivity index is 2.93. The smallest absolute Gasteiger partial charge is 0.243 e. The number of aliphatic imine (C=N–C) groups is 1. The Hall–Kier alpha value is -1.28. The van der Waals surface area contributed by atoms with E-state index in [4.69, 9.17) is 15.1 Å². The molecule has 1 aliphatic heterocycles. The minimum Gasteiger partial charge on any atom is -0.534 e. The van der Waals surface area contributed by atoms with Gasteiger partial charge in [0.05, 0.1) is 5.28 Å². The van der Waals surface area contributed by atoms with E-state index in [1.807, 2.05) is 6.92 Å². The third-order valence-electron chi connectivity index (χ3n) is 2.57. The van der Waals surface area contributed by atoms with Crippen LogP contribution in [0.3, 0.4) is 0 Å². The molecule has 0 radical (unpaired) electrons. The van der Waals surface area contributed by atoms with Crippen LogP contribution in [-0.4, -0.2) is 30.8 Å². The van der Waals surface area contributed by atoms with Crippen LogP contribution in [0.4, 0.5) is 0 Å². The molecular formula is C10H20N4O3Si. The van der Waals surface area contributed by atoms with Gasteiger partial charge in [0, 0.05) is 5.92 Å². The first-order valence-corrected chi connectivity index (χ1v) is 9.18. The minimum atomic E-state index is -1.73. The maximum atomic E-state index is 8.18. The minimum absolute atomic E-state index is 0.0495. The Morgan fingerprint density at radius 1 is 1.50 bits per heavy atom. The number of nitrogens with zero attached hydrogens (tertiary/aromatic N) is 3. The third-order valence-corrected chi connectivity index (χ3v) is 3.39. The van der Waals surface area contributed by atoms with Crippen LogP contribution >= 0.6 is 0 Å². The Morgan fingerprint density at radius 2 is 2.11 bits per heavy atom. The van der Waals surface area contributed by atoms with Crippen molar-refractivity contribution in [2.75, 3.05) is 0 Å². The van der Waals surface area contributed by atoms with Gasteiger partial charge in [0.2, 0.25) is 8.32 Å². The van der Waals surface area contributed by atoms with E-state index in [0.29, 0.717) is 12.3 Å². The molecule has 2 N–H and O–H groups in total. The van der Waals surface area contributed by atoms with Crippen molar-refractivity contribution in [2.24, 2.45) is 21.3 Å². The van der Waals surface area contributed by atoms with Gasteiger partial charge in [-0.3, -0.25) is 5.41 Å². The summed E-state index contributed by atoms with van der Waals surface area (Å²) < 4.78 is 5.85. The number of nitrogens with one attached hydrogen (secondary N) is 1. The molecule has 1 heterocycles. The molecule has 0 spiro atoms. The highest BCUT2D eigenvalue weighted by Gasteiger charge is 2.40. The standard InChI is InChI=1S/C10H20N4O3Si/c1-7-6-10(2,13-14-17-15)9(11)12-8(7)16-18(3,4)5/h7,11,15H,6H2,1-5H3/b11-9?,14-13+. The van der Waals surface area contributed by atoms with Gasteiger partial charge in [-0.1, -0.05) is 6.92 Å². The summed E-state index contributed by atoms with van der Waals surface area (Å²) in [6, 6.07) is 0. The highest BCUT2D eigenvalue weighted by molar-refractivity contribution is 6.71. The maximum Gasteiger partial charge on any atom is 0.243 e. The van der Waals surface area contributed by atoms with Gasteiger partial charge in [0.15, 0.2) is 11.7 Å². The van der Waals surface area contributed by atoms with Gasteiger partial charge >= 0.3 is 0 Å². The Morgan fingerprint density at radius 3 is 2.61 bits per heavy atom. The second kappa shape index (κ2) is 5.15. The first kappa shape index (κ1) is 14.8. The van der Waals surface area contributed by atoms with E-state index < -0.39 is 13.9 Å². The van der Waals surface area contributed by atoms with Crippen molar-refractivity contribution in [1.82, 2.24) is 0 Å². The molecule has 0 aromatic heterocycles. The fourth-order valence-corrected chi connectivity index (χ4v) is 2.63. The van der Waals surface area contributed by atoms with Crippen molar-refractivity contribution in [3.05, 3.63) is 0 Å². The van der Waals surface area contributed by atoms with Crippen LogP contribution in [0.1, 0.15) is 20.3 Å². The summed E-state index contributed by atoms with van der Waals surface area (Å²) in [6.07, 6.45) is 0.544. The zero-order valence-electron chi connectivity index (χ0n) is 11.4. The summed E-state index contributed by atoms with van der Waals surface area (Å²) in [5.41, 5.74) is -0.881. The second-order valence-electron chi connectivity index (χ2n) is 5.66. The molecule has 0 saturated heterocycles. The number of hydrogen-bond acceptors (Lipinski definition) is 6. The lowest BCUT2D eigenvalue weighted by Gasteiger charge is -2.33. The van der Waals surface area contributed by atoms with Crippen molar-refractivity contribution in [3.63, 3.8) is 0 Å². The van der Waals surface area contributed by atoms with Crippen molar-refractivity contribution < 1.29 is 14.7 Å². The first-order chi connectivity index (χ1) is 8.18. The van der Waals surface area contributed by atoms with Crippen LogP contribution in [-0.2, 0) is 9.41 Å². The van der Waals surface area contributed by atoms with Gasteiger partial charge in [-0.2, -0.15) is 5.26 Å². The molecule has 8 heteroatoms. The molecule has 0 bridgehead atoms. The second-order valence-corrected chi connectivity index (χ2v) is 10.1. The van der Waals surface area contributed by atoms with Gasteiger partial charge < -0.3 is 4.43 Å². The summed E-state index contributed by atoms with van der Waals surface area (Å²) in [5, 5.41) is 23.0. The van der Waals surface area contributed by atoms with Crippen LogP contribution in [0.5, 0.6) is 0 Å². The monoisotopic (exact) mass is 272 g/mol. The molecule has 0 amide bonds. The van der Waals surface area contributed by atoms with Crippen LogP contribution < -0.4 is 0 Å². The molecule has 2 atom stereocenters. The largest absolute Gasteiger partial charge is 0.534 e. The summed E-state index contributed by atoms with van der Waals surface area (Å²) >= 11 is 0. The average molecular weight is 272 g/mol. The molecule has 18 heavy (non-hydrogen) atoms. The van der Waals surface area contributed by atoms with E-state index >= 15 is 0 Å². The van der Waals surface area contributed by atoms with Gasteiger partial charge in [0.1, 0.15) is 5.54 Å². The van der Waals surface area contributed by atoms with Crippen LogP contribution in [0.15, 0.2) is 15.4 Å². The summed E-state index contributed by atoms with van der Waals surface area (Å²) in [4.78, 5) is 7.77. The zero-order chi connectivity index (χ0) is 14.0. The Labute approximate surface area is 107 Å². The van der Waals surface area contributed by atoms with E-state index in [1.54, 1.807) is 6.92 Å². The quantitative estimate of drug-likeness (QED) is 0.357. The lowest BCUT2D eigenvalue weighted by Crippen LogP contribution is -2.43. The molecule has 7 nitrogen and oxygen atoms in total. The topological polar surface area (TPSA) is 99.6 Å². The molecule has 0 saturated carbocycles. The molecule has 1 aliphatic rings. The fourth-order valence-electron chi connectivity index (χ4n) is 1.75. The number of amidine groups is 1. The summed E-state index contributed by atoms with van der Waals surface area (Å²) in [6.45, 7) is 9.90. The highest BCUT2D eigenvalue weighted by atomic mass is 28.4. The molecule has 1 rings (SSSR count). The Bertz CT molecular complexity index is 391. The van der Waals surface area contributed by atoms with Crippen molar-refractivity contribution in [1.29, 1.82) is 5.41 Å².